The zero-order valence-electron chi connectivity index (χ0n) is 11.9. The van der Waals surface area contributed by atoms with Gasteiger partial charge in [-0.15, -0.1) is 11.3 Å². The van der Waals surface area contributed by atoms with Crippen LogP contribution in [0.4, 0.5) is 5.69 Å². The Hall–Kier alpha value is -0.800. The van der Waals surface area contributed by atoms with E-state index in [4.69, 9.17) is 0 Å². The molecule has 1 nitrogen and oxygen atoms in total. The molecule has 0 radical (unpaired) electrons. The van der Waals surface area contributed by atoms with Crippen LogP contribution in [0.25, 0.3) is 0 Å². The highest BCUT2D eigenvalue weighted by molar-refractivity contribution is 9.10. The fraction of sp³-hybridized carbons (Fsp3) is 0.375. The lowest BCUT2D eigenvalue weighted by Gasteiger charge is -2.19. The highest BCUT2D eigenvalue weighted by Crippen LogP contribution is 2.27. The summed E-state index contributed by atoms with van der Waals surface area (Å²) in [5.74, 6) is 0. The molecule has 0 bridgehead atoms. The molecule has 0 saturated heterocycles. The van der Waals surface area contributed by atoms with Gasteiger partial charge < -0.3 is 5.32 Å². The largest absolute Gasteiger partial charge is 0.380 e. The molecular formula is C16H20BrNS. The van der Waals surface area contributed by atoms with Gasteiger partial charge in [-0.3, -0.25) is 0 Å². The topological polar surface area (TPSA) is 12.0 Å². The highest BCUT2D eigenvalue weighted by Gasteiger charge is 2.12. The lowest BCUT2D eigenvalue weighted by molar-refractivity contribution is 0.590. The zero-order chi connectivity index (χ0) is 14.0. The number of hydrogen-bond acceptors (Lipinski definition) is 2. The van der Waals surface area contributed by atoms with Crippen molar-refractivity contribution in [3.05, 3.63) is 50.1 Å². The second-order valence-electron chi connectivity index (χ2n) is 5.80. The van der Waals surface area contributed by atoms with Gasteiger partial charge in [0.05, 0.1) is 0 Å². The van der Waals surface area contributed by atoms with Gasteiger partial charge in [-0.05, 0) is 52.0 Å². The maximum Gasteiger partial charge on any atom is 0.0494 e. The Morgan fingerprint density at radius 1 is 1.16 bits per heavy atom. The van der Waals surface area contributed by atoms with Crippen LogP contribution in [0.2, 0.25) is 0 Å². The Morgan fingerprint density at radius 3 is 2.26 bits per heavy atom. The van der Waals surface area contributed by atoms with E-state index in [1.807, 2.05) is 11.3 Å². The number of nitrogens with one attached hydrogen (secondary N) is 1. The van der Waals surface area contributed by atoms with Gasteiger partial charge >= 0.3 is 0 Å². The summed E-state index contributed by atoms with van der Waals surface area (Å²) < 4.78 is 1.21. The molecule has 2 aromatic rings. The van der Waals surface area contributed by atoms with E-state index in [2.05, 4.69) is 79.3 Å². The van der Waals surface area contributed by atoms with Gasteiger partial charge in [-0.25, -0.2) is 0 Å². The summed E-state index contributed by atoms with van der Waals surface area (Å²) in [6.45, 7) is 9.73. The molecule has 0 aliphatic rings. The molecular weight excluding hydrogens is 318 g/mol. The first-order valence-corrected chi connectivity index (χ1v) is 8.06. The van der Waals surface area contributed by atoms with Crippen LogP contribution in [0.3, 0.4) is 0 Å². The Bertz CT molecular complexity index is 530. The van der Waals surface area contributed by atoms with Crippen LogP contribution in [-0.4, -0.2) is 0 Å². The van der Waals surface area contributed by atoms with Crippen molar-refractivity contribution in [2.24, 2.45) is 0 Å². The molecule has 0 atom stereocenters. The Labute approximate surface area is 128 Å². The summed E-state index contributed by atoms with van der Waals surface area (Å²) in [7, 11) is 0. The lowest BCUT2D eigenvalue weighted by atomic mass is 9.87. The molecule has 2 rings (SSSR count). The Morgan fingerprint density at radius 2 is 1.79 bits per heavy atom. The summed E-state index contributed by atoms with van der Waals surface area (Å²) in [5.41, 5.74) is 2.76. The van der Waals surface area contributed by atoms with Crippen molar-refractivity contribution in [1.29, 1.82) is 0 Å². The first kappa shape index (κ1) is 14.6. The van der Waals surface area contributed by atoms with Crippen LogP contribution < -0.4 is 5.32 Å². The number of hydrogen-bond donors (Lipinski definition) is 1. The number of thiophene rings is 1. The Kier molecular flexibility index (Phi) is 4.36. The van der Waals surface area contributed by atoms with Gasteiger partial charge in [0.15, 0.2) is 0 Å². The predicted octanol–water partition coefficient (Wildman–Crippen LogP) is 5.73. The van der Waals surface area contributed by atoms with E-state index in [0.29, 0.717) is 0 Å². The zero-order valence-corrected chi connectivity index (χ0v) is 14.3. The van der Waals surface area contributed by atoms with Crippen molar-refractivity contribution >= 4 is 33.0 Å². The van der Waals surface area contributed by atoms with E-state index in [-0.39, 0.29) is 5.41 Å². The van der Waals surface area contributed by atoms with Crippen LogP contribution in [0.15, 0.2) is 34.8 Å². The number of aryl methyl sites for hydroxylation is 1. The molecule has 0 spiro atoms. The molecule has 1 N–H and O–H groups in total. The maximum atomic E-state index is 3.56. The molecule has 19 heavy (non-hydrogen) atoms. The average Bonchev–Trinajstić information content (AvgIpc) is 2.66. The van der Waals surface area contributed by atoms with Crippen molar-refractivity contribution in [3.8, 4) is 0 Å². The monoisotopic (exact) mass is 337 g/mol. The lowest BCUT2D eigenvalue weighted by Crippen LogP contribution is -2.10. The summed E-state index contributed by atoms with van der Waals surface area (Å²) >= 11 is 5.39. The minimum absolute atomic E-state index is 0.217. The molecule has 0 saturated carbocycles. The van der Waals surface area contributed by atoms with Gasteiger partial charge in [-0.1, -0.05) is 32.9 Å². The number of anilines is 1. The molecule has 0 fully saturated rings. The van der Waals surface area contributed by atoms with Crippen LogP contribution in [0.1, 0.15) is 36.1 Å². The molecule has 0 unspecified atom stereocenters. The van der Waals surface area contributed by atoms with Crippen LogP contribution in [0, 0.1) is 6.92 Å². The van der Waals surface area contributed by atoms with Crippen LogP contribution in [0.5, 0.6) is 0 Å². The van der Waals surface area contributed by atoms with Gasteiger partial charge in [0, 0.05) is 26.5 Å². The molecule has 1 aromatic carbocycles. The van der Waals surface area contributed by atoms with Crippen molar-refractivity contribution in [3.63, 3.8) is 0 Å². The molecule has 3 heteroatoms. The highest BCUT2D eigenvalue weighted by atomic mass is 79.9. The van der Waals surface area contributed by atoms with E-state index in [0.717, 1.165) is 6.54 Å². The summed E-state index contributed by atoms with van der Waals surface area (Å²) in [4.78, 5) is 2.68. The fourth-order valence-corrected chi connectivity index (χ4v) is 3.42. The smallest absolute Gasteiger partial charge is 0.0494 e. The third kappa shape index (κ3) is 3.83. The van der Waals surface area contributed by atoms with Gasteiger partial charge in [0.2, 0.25) is 0 Å². The van der Waals surface area contributed by atoms with E-state index in [1.54, 1.807) is 0 Å². The first-order chi connectivity index (χ1) is 8.86. The minimum Gasteiger partial charge on any atom is -0.380 e. The number of halogens is 1. The standard InChI is InChI=1S/C16H20BrNS/c1-11-15(17)9-14(19-11)10-18-13-7-5-12(6-8-13)16(2,3)4/h5-9,18H,10H2,1-4H3. The van der Waals surface area contributed by atoms with Crippen molar-refractivity contribution in [2.45, 2.75) is 39.7 Å². The maximum absolute atomic E-state index is 3.56. The summed E-state index contributed by atoms with van der Waals surface area (Å²) in [5, 5.41) is 3.47. The van der Waals surface area contributed by atoms with Gasteiger partial charge in [-0.2, -0.15) is 0 Å². The molecule has 1 heterocycles. The molecule has 102 valence electrons. The quantitative estimate of drug-likeness (QED) is 0.754. The van der Waals surface area contributed by atoms with Gasteiger partial charge in [0.1, 0.15) is 0 Å². The first-order valence-electron chi connectivity index (χ1n) is 6.45. The van der Waals surface area contributed by atoms with Crippen molar-refractivity contribution in [1.82, 2.24) is 0 Å². The minimum atomic E-state index is 0.217. The second-order valence-corrected chi connectivity index (χ2v) is 7.99. The van der Waals surface area contributed by atoms with Gasteiger partial charge in [0.25, 0.3) is 0 Å². The number of benzene rings is 1. The van der Waals surface area contributed by atoms with E-state index in [9.17, 15) is 0 Å². The summed E-state index contributed by atoms with van der Waals surface area (Å²) in [6, 6.07) is 10.9. The SMILES string of the molecule is Cc1sc(CNc2ccc(C(C)(C)C)cc2)cc1Br. The normalized spacial score (nSPS) is 11.6. The predicted molar refractivity (Wildman–Crippen MR) is 89.2 cm³/mol. The number of rotatable bonds is 3. The average molecular weight is 338 g/mol. The van der Waals surface area contributed by atoms with Crippen molar-refractivity contribution in [2.75, 3.05) is 5.32 Å². The molecule has 0 aliphatic heterocycles. The van der Waals surface area contributed by atoms with E-state index >= 15 is 0 Å². The van der Waals surface area contributed by atoms with E-state index < -0.39 is 0 Å². The van der Waals surface area contributed by atoms with Crippen molar-refractivity contribution < 1.29 is 0 Å². The Balaban J connectivity index is 2.00. The fourth-order valence-electron chi connectivity index (χ4n) is 1.88. The van der Waals surface area contributed by atoms with Crippen LogP contribution in [-0.2, 0) is 12.0 Å². The van der Waals surface area contributed by atoms with E-state index in [1.165, 1.54) is 25.5 Å². The second kappa shape index (κ2) is 5.68. The third-order valence-corrected chi connectivity index (χ3v) is 5.26. The molecule has 1 aromatic heterocycles. The molecule has 0 amide bonds. The summed E-state index contributed by atoms with van der Waals surface area (Å²) in [6.07, 6.45) is 0. The third-order valence-electron chi connectivity index (χ3n) is 3.13. The molecule has 0 aliphatic carbocycles. The van der Waals surface area contributed by atoms with Crippen LogP contribution >= 0.6 is 27.3 Å².